The SMILES string of the molecule is CCCC(CN)(CCC)NC(CC)CCO. The Labute approximate surface area is 101 Å². The molecule has 0 aliphatic heterocycles. The summed E-state index contributed by atoms with van der Waals surface area (Å²) < 4.78 is 0. The van der Waals surface area contributed by atoms with Gasteiger partial charge in [-0.05, 0) is 25.7 Å². The Hall–Kier alpha value is -0.120. The maximum atomic E-state index is 9.03. The van der Waals surface area contributed by atoms with Gasteiger partial charge in [-0.3, -0.25) is 0 Å². The maximum Gasteiger partial charge on any atom is 0.0445 e. The van der Waals surface area contributed by atoms with Crippen LogP contribution in [-0.2, 0) is 0 Å². The Balaban J connectivity index is 4.46. The van der Waals surface area contributed by atoms with E-state index in [1.54, 1.807) is 0 Å². The van der Waals surface area contributed by atoms with Crippen molar-refractivity contribution in [3.63, 3.8) is 0 Å². The molecule has 0 aromatic carbocycles. The Morgan fingerprint density at radius 2 is 1.75 bits per heavy atom. The van der Waals surface area contributed by atoms with Crippen molar-refractivity contribution in [3.8, 4) is 0 Å². The molecule has 98 valence electrons. The highest BCUT2D eigenvalue weighted by atomic mass is 16.3. The van der Waals surface area contributed by atoms with Crippen LogP contribution in [0.25, 0.3) is 0 Å². The summed E-state index contributed by atoms with van der Waals surface area (Å²) >= 11 is 0. The number of hydrogen-bond donors (Lipinski definition) is 3. The minimum Gasteiger partial charge on any atom is -0.396 e. The van der Waals surface area contributed by atoms with Gasteiger partial charge in [-0.2, -0.15) is 0 Å². The van der Waals surface area contributed by atoms with E-state index in [9.17, 15) is 0 Å². The van der Waals surface area contributed by atoms with Crippen molar-refractivity contribution in [2.45, 2.75) is 70.9 Å². The van der Waals surface area contributed by atoms with Crippen LogP contribution in [0.2, 0.25) is 0 Å². The van der Waals surface area contributed by atoms with Gasteiger partial charge in [0.15, 0.2) is 0 Å². The van der Waals surface area contributed by atoms with Crippen LogP contribution in [0.3, 0.4) is 0 Å². The highest BCUT2D eigenvalue weighted by Gasteiger charge is 2.28. The van der Waals surface area contributed by atoms with E-state index in [0.717, 1.165) is 38.5 Å². The molecule has 0 bridgehead atoms. The molecule has 0 aromatic rings. The molecule has 3 nitrogen and oxygen atoms in total. The number of hydrogen-bond acceptors (Lipinski definition) is 3. The van der Waals surface area contributed by atoms with Crippen LogP contribution in [0.4, 0.5) is 0 Å². The van der Waals surface area contributed by atoms with E-state index in [4.69, 9.17) is 10.8 Å². The fourth-order valence-electron chi connectivity index (χ4n) is 2.46. The molecule has 0 radical (unpaired) electrons. The highest BCUT2D eigenvalue weighted by molar-refractivity contribution is 4.91. The van der Waals surface area contributed by atoms with Gasteiger partial charge < -0.3 is 16.2 Å². The zero-order valence-electron chi connectivity index (χ0n) is 11.3. The summed E-state index contributed by atoms with van der Waals surface area (Å²) in [7, 11) is 0. The Bertz CT molecular complexity index is 156. The predicted molar refractivity (Wildman–Crippen MR) is 70.5 cm³/mol. The third-order valence-corrected chi connectivity index (χ3v) is 3.33. The first-order valence-electron chi connectivity index (χ1n) is 6.76. The molecule has 0 saturated carbocycles. The van der Waals surface area contributed by atoms with Crippen LogP contribution in [0, 0.1) is 0 Å². The molecule has 0 spiro atoms. The lowest BCUT2D eigenvalue weighted by atomic mass is 9.87. The van der Waals surface area contributed by atoms with Gasteiger partial charge in [-0.15, -0.1) is 0 Å². The topological polar surface area (TPSA) is 58.3 Å². The maximum absolute atomic E-state index is 9.03. The molecule has 16 heavy (non-hydrogen) atoms. The second-order valence-electron chi connectivity index (χ2n) is 4.75. The molecule has 4 N–H and O–H groups in total. The van der Waals surface area contributed by atoms with Gasteiger partial charge in [0.2, 0.25) is 0 Å². The number of aliphatic hydroxyl groups is 1. The van der Waals surface area contributed by atoms with E-state index < -0.39 is 0 Å². The van der Waals surface area contributed by atoms with Crippen LogP contribution in [-0.4, -0.2) is 29.8 Å². The molecule has 0 fully saturated rings. The van der Waals surface area contributed by atoms with E-state index >= 15 is 0 Å². The van der Waals surface area contributed by atoms with Gasteiger partial charge in [0, 0.05) is 24.7 Å². The van der Waals surface area contributed by atoms with Gasteiger partial charge in [0.25, 0.3) is 0 Å². The molecular formula is C13H30N2O. The van der Waals surface area contributed by atoms with Crippen LogP contribution in [0.1, 0.15) is 59.3 Å². The van der Waals surface area contributed by atoms with Crippen molar-refractivity contribution < 1.29 is 5.11 Å². The average Bonchev–Trinajstić information content (AvgIpc) is 2.29. The number of aliphatic hydroxyl groups excluding tert-OH is 1. The molecule has 0 aliphatic carbocycles. The minimum atomic E-state index is 0.0827. The van der Waals surface area contributed by atoms with Crippen molar-refractivity contribution in [3.05, 3.63) is 0 Å². The summed E-state index contributed by atoms with van der Waals surface area (Å²) in [5.41, 5.74) is 6.04. The van der Waals surface area contributed by atoms with Gasteiger partial charge in [0.1, 0.15) is 0 Å². The van der Waals surface area contributed by atoms with E-state index in [0.29, 0.717) is 12.6 Å². The molecule has 1 unspecified atom stereocenters. The molecule has 0 amide bonds. The van der Waals surface area contributed by atoms with Crippen LogP contribution < -0.4 is 11.1 Å². The first kappa shape index (κ1) is 15.9. The molecule has 0 heterocycles. The number of nitrogens with one attached hydrogen (secondary N) is 1. The van der Waals surface area contributed by atoms with E-state index in [1.807, 2.05) is 0 Å². The zero-order chi connectivity index (χ0) is 12.4. The zero-order valence-corrected chi connectivity index (χ0v) is 11.3. The standard InChI is InChI=1S/C13H30N2O/c1-4-8-13(11-14,9-5-2)15-12(6-3)7-10-16/h12,15-16H,4-11,14H2,1-3H3. The lowest BCUT2D eigenvalue weighted by Gasteiger charge is -2.37. The molecule has 0 aromatic heterocycles. The summed E-state index contributed by atoms with van der Waals surface area (Å²) in [6.07, 6.45) is 6.43. The quantitative estimate of drug-likeness (QED) is 0.538. The van der Waals surface area contributed by atoms with E-state index in [1.165, 1.54) is 0 Å². The molecule has 0 saturated heterocycles. The molecule has 0 aliphatic rings. The van der Waals surface area contributed by atoms with Crippen molar-refractivity contribution in [2.24, 2.45) is 5.73 Å². The third-order valence-electron chi connectivity index (χ3n) is 3.33. The summed E-state index contributed by atoms with van der Waals surface area (Å²) in [6, 6.07) is 0.395. The Morgan fingerprint density at radius 3 is 2.06 bits per heavy atom. The fourth-order valence-corrected chi connectivity index (χ4v) is 2.46. The molecule has 3 heteroatoms. The normalized spacial score (nSPS) is 14.1. The van der Waals surface area contributed by atoms with Crippen molar-refractivity contribution in [1.82, 2.24) is 5.32 Å². The summed E-state index contributed by atoms with van der Waals surface area (Å²) in [6.45, 7) is 7.51. The van der Waals surface area contributed by atoms with Crippen molar-refractivity contribution >= 4 is 0 Å². The smallest absolute Gasteiger partial charge is 0.0445 e. The van der Waals surface area contributed by atoms with E-state index in [2.05, 4.69) is 26.1 Å². The van der Waals surface area contributed by atoms with Crippen LogP contribution in [0.15, 0.2) is 0 Å². The lowest BCUT2D eigenvalue weighted by molar-refractivity contribution is 0.208. The fraction of sp³-hybridized carbons (Fsp3) is 1.00. The molecule has 1 atom stereocenters. The second-order valence-corrected chi connectivity index (χ2v) is 4.75. The molecular weight excluding hydrogens is 200 g/mol. The van der Waals surface area contributed by atoms with Crippen LogP contribution >= 0.6 is 0 Å². The van der Waals surface area contributed by atoms with E-state index in [-0.39, 0.29) is 12.1 Å². The number of rotatable bonds is 10. The first-order valence-corrected chi connectivity index (χ1v) is 6.76. The lowest BCUT2D eigenvalue weighted by Crippen LogP contribution is -2.55. The average molecular weight is 230 g/mol. The third kappa shape index (κ3) is 5.28. The van der Waals surface area contributed by atoms with Crippen molar-refractivity contribution in [2.75, 3.05) is 13.2 Å². The van der Waals surface area contributed by atoms with Gasteiger partial charge in [-0.25, -0.2) is 0 Å². The number of nitrogens with two attached hydrogens (primary N) is 1. The largest absolute Gasteiger partial charge is 0.396 e. The monoisotopic (exact) mass is 230 g/mol. The summed E-state index contributed by atoms with van der Waals surface area (Å²) in [5.74, 6) is 0. The first-order chi connectivity index (χ1) is 7.67. The van der Waals surface area contributed by atoms with Gasteiger partial charge in [0.05, 0.1) is 0 Å². The van der Waals surface area contributed by atoms with Crippen LogP contribution in [0.5, 0.6) is 0 Å². The molecule has 0 rings (SSSR count). The Morgan fingerprint density at radius 1 is 1.19 bits per heavy atom. The summed E-state index contributed by atoms with van der Waals surface area (Å²) in [5, 5.41) is 12.7. The predicted octanol–water partition coefficient (Wildman–Crippen LogP) is 2.03. The van der Waals surface area contributed by atoms with Gasteiger partial charge in [-0.1, -0.05) is 33.6 Å². The van der Waals surface area contributed by atoms with Crippen molar-refractivity contribution in [1.29, 1.82) is 0 Å². The highest BCUT2D eigenvalue weighted by Crippen LogP contribution is 2.20. The summed E-state index contributed by atoms with van der Waals surface area (Å²) in [4.78, 5) is 0. The van der Waals surface area contributed by atoms with Gasteiger partial charge >= 0.3 is 0 Å². The Kier molecular flexibility index (Phi) is 8.90. The minimum absolute atomic E-state index is 0.0827. The second kappa shape index (κ2) is 8.97.